The van der Waals surface area contributed by atoms with Gasteiger partial charge in [-0.3, -0.25) is 9.59 Å². The topological polar surface area (TPSA) is 128 Å². The Bertz CT molecular complexity index is 970. The molecule has 2 heterocycles. The lowest BCUT2D eigenvalue weighted by Gasteiger charge is -2.13. The van der Waals surface area contributed by atoms with Crippen LogP contribution in [0.3, 0.4) is 0 Å². The number of nitrogens with one attached hydrogen (secondary N) is 2. The van der Waals surface area contributed by atoms with Crippen molar-refractivity contribution in [3.63, 3.8) is 0 Å². The van der Waals surface area contributed by atoms with Crippen LogP contribution in [0.5, 0.6) is 0 Å². The summed E-state index contributed by atoms with van der Waals surface area (Å²) >= 11 is 1.24. The van der Waals surface area contributed by atoms with Crippen LogP contribution >= 0.6 is 11.8 Å². The van der Waals surface area contributed by atoms with E-state index >= 15 is 0 Å². The van der Waals surface area contributed by atoms with Gasteiger partial charge in [-0.1, -0.05) is 42.1 Å². The monoisotopic (exact) mass is 401 g/mol. The first-order valence-corrected chi connectivity index (χ1v) is 9.41. The van der Waals surface area contributed by atoms with Gasteiger partial charge in [-0.05, 0) is 22.8 Å². The van der Waals surface area contributed by atoms with Crippen molar-refractivity contribution in [2.45, 2.75) is 25.0 Å². The van der Waals surface area contributed by atoms with E-state index in [1.165, 1.54) is 18.7 Å². The largest absolute Gasteiger partial charge is 0.349 e. The molecule has 1 aromatic carbocycles. The molecule has 0 aliphatic rings. The van der Waals surface area contributed by atoms with E-state index in [2.05, 4.69) is 35.8 Å². The highest BCUT2D eigenvalue weighted by atomic mass is 32.2. The molecular formula is C17H19N7O3S. The number of hydrogen-bond acceptors (Lipinski definition) is 8. The predicted molar refractivity (Wildman–Crippen MR) is 102 cm³/mol. The fraction of sp³-hybridized carbons (Fsp3) is 0.294. The van der Waals surface area contributed by atoms with Gasteiger partial charge >= 0.3 is 0 Å². The zero-order valence-electron chi connectivity index (χ0n) is 15.5. The normalized spacial score (nSPS) is 11.8. The van der Waals surface area contributed by atoms with Gasteiger partial charge in [0.15, 0.2) is 16.7 Å². The third-order valence-electron chi connectivity index (χ3n) is 3.84. The third-order valence-corrected chi connectivity index (χ3v) is 4.86. The summed E-state index contributed by atoms with van der Waals surface area (Å²) < 4.78 is 6.34. The minimum Gasteiger partial charge on any atom is -0.349 e. The first-order valence-electron chi connectivity index (χ1n) is 8.42. The molecule has 11 heteroatoms. The Hall–Kier alpha value is -3.21. The van der Waals surface area contributed by atoms with Crippen LogP contribution in [0.2, 0.25) is 0 Å². The summed E-state index contributed by atoms with van der Waals surface area (Å²) in [4.78, 5) is 23.5. The molecule has 0 saturated heterocycles. The van der Waals surface area contributed by atoms with Crippen molar-refractivity contribution < 1.29 is 14.2 Å². The van der Waals surface area contributed by atoms with Gasteiger partial charge in [0.2, 0.25) is 17.6 Å². The van der Waals surface area contributed by atoms with E-state index in [0.717, 1.165) is 5.56 Å². The number of carbonyl (C=O) groups excluding carboxylic acids is 2. The molecule has 0 saturated carbocycles. The van der Waals surface area contributed by atoms with E-state index in [1.807, 2.05) is 37.3 Å². The van der Waals surface area contributed by atoms with E-state index in [9.17, 15) is 9.59 Å². The van der Waals surface area contributed by atoms with Crippen molar-refractivity contribution in [2.24, 2.45) is 7.05 Å². The predicted octanol–water partition coefficient (Wildman–Crippen LogP) is 1.79. The molecule has 0 bridgehead atoms. The summed E-state index contributed by atoms with van der Waals surface area (Å²) in [5.41, 5.74) is 1.30. The molecule has 0 aliphatic carbocycles. The van der Waals surface area contributed by atoms with Gasteiger partial charge in [-0.25, -0.2) is 4.63 Å². The van der Waals surface area contributed by atoms with Gasteiger partial charge in [0.1, 0.15) is 0 Å². The third kappa shape index (κ3) is 4.55. The van der Waals surface area contributed by atoms with E-state index in [4.69, 9.17) is 0 Å². The number of aromatic nitrogens is 5. The van der Waals surface area contributed by atoms with Gasteiger partial charge in [-0.15, -0.1) is 10.2 Å². The number of hydrogen-bond donors (Lipinski definition) is 2. The molecule has 0 aliphatic heterocycles. The molecule has 0 radical (unpaired) electrons. The first-order chi connectivity index (χ1) is 13.5. The van der Waals surface area contributed by atoms with E-state index in [1.54, 1.807) is 11.6 Å². The second kappa shape index (κ2) is 8.65. The Balaban J connectivity index is 1.63. The molecule has 2 aromatic heterocycles. The lowest BCUT2D eigenvalue weighted by Crippen LogP contribution is -2.28. The number of amides is 2. The maximum atomic E-state index is 12.2. The Labute approximate surface area is 165 Å². The summed E-state index contributed by atoms with van der Waals surface area (Å²) in [6, 6.07) is 9.63. The molecule has 1 atom stereocenters. The number of rotatable bonds is 7. The smallest absolute Gasteiger partial charge is 0.230 e. The van der Waals surface area contributed by atoms with Crippen LogP contribution in [0, 0.1) is 0 Å². The summed E-state index contributed by atoms with van der Waals surface area (Å²) in [6.07, 6.45) is 0. The Morgan fingerprint density at radius 2 is 1.96 bits per heavy atom. The van der Waals surface area contributed by atoms with Crippen molar-refractivity contribution in [2.75, 3.05) is 11.1 Å². The summed E-state index contributed by atoms with van der Waals surface area (Å²) in [6.45, 7) is 3.28. The SMILES string of the molecule is CC(=O)Nc1nonc1-c1nnc(SCC(=O)N[C@@H](C)c2ccccc2)n1C. The standard InChI is InChI=1S/C17H19N7O3S/c1-10(12-7-5-4-6-8-12)18-13(26)9-28-17-21-20-16(24(17)3)14-15(19-11(2)25)23-27-22-14/h4-8,10H,9H2,1-3H3,(H,18,26)(H,19,23,25)/t10-/m0/s1. The van der Waals surface area contributed by atoms with Crippen LogP contribution in [0.25, 0.3) is 11.5 Å². The maximum Gasteiger partial charge on any atom is 0.230 e. The van der Waals surface area contributed by atoms with Crippen LogP contribution in [-0.2, 0) is 16.6 Å². The molecule has 146 valence electrons. The fourth-order valence-corrected chi connectivity index (χ4v) is 3.19. The molecular weight excluding hydrogens is 382 g/mol. The quantitative estimate of drug-likeness (QED) is 0.574. The second-order valence-corrected chi connectivity index (χ2v) is 6.94. The number of thioether (sulfide) groups is 1. The number of anilines is 1. The number of carbonyl (C=O) groups is 2. The van der Waals surface area contributed by atoms with Crippen LogP contribution in [0.1, 0.15) is 25.5 Å². The van der Waals surface area contributed by atoms with Gasteiger partial charge in [0.05, 0.1) is 11.8 Å². The van der Waals surface area contributed by atoms with E-state index in [0.29, 0.717) is 11.0 Å². The molecule has 28 heavy (non-hydrogen) atoms. The van der Waals surface area contributed by atoms with Crippen molar-refractivity contribution in [1.82, 2.24) is 30.4 Å². The number of benzene rings is 1. The zero-order valence-corrected chi connectivity index (χ0v) is 16.4. The lowest BCUT2D eigenvalue weighted by atomic mass is 10.1. The minimum atomic E-state index is -0.307. The van der Waals surface area contributed by atoms with E-state index in [-0.39, 0.29) is 35.1 Å². The Morgan fingerprint density at radius 3 is 2.68 bits per heavy atom. The van der Waals surface area contributed by atoms with Crippen molar-refractivity contribution >= 4 is 29.4 Å². The average molecular weight is 401 g/mol. The Kier molecular flexibility index (Phi) is 6.04. The van der Waals surface area contributed by atoms with Gasteiger partial charge in [0.25, 0.3) is 0 Å². The maximum absolute atomic E-state index is 12.2. The van der Waals surface area contributed by atoms with E-state index < -0.39 is 0 Å². The van der Waals surface area contributed by atoms with Crippen LogP contribution in [0.4, 0.5) is 5.82 Å². The van der Waals surface area contributed by atoms with Gasteiger partial charge in [-0.2, -0.15) is 0 Å². The molecule has 2 N–H and O–H groups in total. The van der Waals surface area contributed by atoms with Crippen LogP contribution in [-0.4, -0.2) is 42.6 Å². The fourth-order valence-electron chi connectivity index (χ4n) is 2.47. The Morgan fingerprint density at radius 1 is 1.21 bits per heavy atom. The highest BCUT2D eigenvalue weighted by Crippen LogP contribution is 2.26. The average Bonchev–Trinajstić information content (AvgIpc) is 3.26. The summed E-state index contributed by atoms with van der Waals surface area (Å²) in [5, 5.41) is 21.5. The molecule has 10 nitrogen and oxygen atoms in total. The highest BCUT2D eigenvalue weighted by molar-refractivity contribution is 7.99. The molecule has 3 rings (SSSR count). The number of nitrogens with zero attached hydrogens (tertiary/aromatic N) is 5. The van der Waals surface area contributed by atoms with Crippen molar-refractivity contribution in [1.29, 1.82) is 0 Å². The summed E-state index contributed by atoms with van der Waals surface area (Å²) in [5.74, 6) is 0.282. The first kappa shape index (κ1) is 19.5. The van der Waals surface area contributed by atoms with Gasteiger partial charge in [0, 0.05) is 14.0 Å². The minimum absolute atomic E-state index is 0.0919. The molecule has 0 spiro atoms. The van der Waals surface area contributed by atoms with Crippen molar-refractivity contribution in [3.05, 3.63) is 35.9 Å². The van der Waals surface area contributed by atoms with Crippen LogP contribution in [0.15, 0.2) is 40.1 Å². The second-order valence-electron chi connectivity index (χ2n) is 6.00. The molecule has 0 fully saturated rings. The van der Waals surface area contributed by atoms with Crippen LogP contribution < -0.4 is 10.6 Å². The molecule has 0 unspecified atom stereocenters. The highest BCUT2D eigenvalue weighted by Gasteiger charge is 2.21. The lowest BCUT2D eigenvalue weighted by molar-refractivity contribution is -0.119. The summed E-state index contributed by atoms with van der Waals surface area (Å²) in [7, 11) is 1.73. The zero-order chi connectivity index (χ0) is 20.1. The van der Waals surface area contributed by atoms with Gasteiger partial charge < -0.3 is 15.2 Å². The molecule has 3 aromatic rings. The molecule has 2 amide bonds. The van der Waals surface area contributed by atoms with Crippen molar-refractivity contribution in [3.8, 4) is 11.5 Å².